The lowest BCUT2D eigenvalue weighted by atomic mass is 10.2. The fourth-order valence-electron chi connectivity index (χ4n) is 1.26. The first kappa shape index (κ1) is 9.36. The number of hydrogen-bond donors (Lipinski definition) is 1. The van der Waals surface area contributed by atoms with E-state index in [4.69, 9.17) is 17.3 Å². The van der Waals surface area contributed by atoms with Crippen LogP contribution in [0.4, 0.5) is 0 Å². The molecule has 2 heterocycles. The summed E-state index contributed by atoms with van der Waals surface area (Å²) in [5.74, 6) is 0.532. The highest BCUT2D eigenvalue weighted by atomic mass is 35.5. The Kier molecular flexibility index (Phi) is 2.60. The summed E-state index contributed by atoms with van der Waals surface area (Å²) in [5, 5.41) is 8.19. The quantitative estimate of drug-likeness (QED) is 0.810. The summed E-state index contributed by atoms with van der Waals surface area (Å²) in [7, 11) is 0. The average molecular weight is 212 g/mol. The van der Waals surface area contributed by atoms with Gasteiger partial charge in [-0.3, -0.25) is 4.40 Å². The molecule has 0 unspecified atom stereocenters. The first-order valence-corrected chi connectivity index (χ1v) is 4.75. The molecular weight excluding hydrogens is 202 g/mol. The highest BCUT2D eigenvalue weighted by Gasteiger charge is 2.09. The zero-order valence-corrected chi connectivity index (χ0v) is 8.28. The number of nitrogens with zero attached hydrogens (tertiary/aromatic N) is 4. The Balaban J connectivity index is 2.41. The molecule has 5 nitrogen and oxygen atoms in total. The van der Waals surface area contributed by atoms with E-state index in [1.165, 1.54) is 0 Å². The van der Waals surface area contributed by atoms with Gasteiger partial charge in [0.25, 0.3) is 5.78 Å². The van der Waals surface area contributed by atoms with Crippen molar-refractivity contribution >= 4 is 17.4 Å². The lowest BCUT2D eigenvalue weighted by molar-refractivity contribution is 0.816. The van der Waals surface area contributed by atoms with E-state index < -0.39 is 0 Å². The summed E-state index contributed by atoms with van der Waals surface area (Å²) < 4.78 is 1.71. The molecule has 0 bridgehead atoms. The van der Waals surface area contributed by atoms with Gasteiger partial charge in [-0.05, 0) is 19.4 Å². The maximum Gasteiger partial charge on any atom is 0.255 e. The zero-order valence-electron chi connectivity index (χ0n) is 7.52. The van der Waals surface area contributed by atoms with Crippen LogP contribution in [0.5, 0.6) is 0 Å². The zero-order chi connectivity index (χ0) is 9.97. The van der Waals surface area contributed by atoms with Gasteiger partial charge in [-0.15, -0.1) is 5.10 Å². The fraction of sp³-hybridized carbons (Fsp3) is 0.375. The molecule has 74 valence electrons. The summed E-state index contributed by atoms with van der Waals surface area (Å²) in [6.45, 7) is 0.635. The van der Waals surface area contributed by atoms with Crippen LogP contribution in [-0.2, 0) is 6.42 Å². The highest BCUT2D eigenvalue weighted by Crippen LogP contribution is 2.17. The van der Waals surface area contributed by atoms with E-state index in [9.17, 15) is 0 Å². The van der Waals surface area contributed by atoms with Gasteiger partial charge in [-0.2, -0.15) is 5.10 Å². The van der Waals surface area contributed by atoms with Gasteiger partial charge in [-0.1, -0.05) is 11.6 Å². The molecule has 6 heteroatoms. The summed E-state index contributed by atoms with van der Waals surface area (Å²) in [4.78, 5) is 4.25. The maximum atomic E-state index is 6.08. The fourth-order valence-corrected chi connectivity index (χ4v) is 1.53. The van der Waals surface area contributed by atoms with Gasteiger partial charge in [-0.25, -0.2) is 4.98 Å². The van der Waals surface area contributed by atoms with Crippen molar-refractivity contribution < 1.29 is 0 Å². The minimum absolute atomic E-state index is 0.532. The number of nitrogens with two attached hydrogens (primary N) is 1. The van der Waals surface area contributed by atoms with Crippen LogP contribution >= 0.6 is 11.6 Å². The SMILES string of the molecule is NCCCc1nc2nnccn2c1Cl. The average Bonchev–Trinajstić information content (AvgIpc) is 2.54. The molecule has 0 saturated carbocycles. The molecule has 0 spiro atoms. The van der Waals surface area contributed by atoms with Crippen LogP contribution in [0, 0.1) is 0 Å². The Morgan fingerprint density at radius 2 is 2.36 bits per heavy atom. The molecule has 0 aliphatic heterocycles. The molecule has 14 heavy (non-hydrogen) atoms. The molecule has 0 saturated heterocycles. The Bertz CT molecular complexity index is 438. The minimum atomic E-state index is 0.532. The van der Waals surface area contributed by atoms with Crippen LogP contribution in [0.2, 0.25) is 5.15 Å². The van der Waals surface area contributed by atoms with Gasteiger partial charge in [0.2, 0.25) is 0 Å². The van der Waals surface area contributed by atoms with Crippen molar-refractivity contribution in [1.82, 2.24) is 19.6 Å². The van der Waals surface area contributed by atoms with Crippen LogP contribution < -0.4 is 5.73 Å². The molecular formula is C8H10ClN5. The van der Waals surface area contributed by atoms with Crippen molar-refractivity contribution in [2.24, 2.45) is 5.73 Å². The van der Waals surface area contributed by atoms with Gasteiger partial charge in [0, 0.05) is 6.20 Å². The monoisotopic (exact) mass is 211 g/mol. The van der Waals surface area contributed by atoms with Crippen molar-refractivity contribution in [2.45, 2.75) is 12.8 Å². The van der Waals surface area contributed by atoms with Crippen LogP contribution in [0.1, 0.15) is 12.1 Å². The van der Waals surface area contributed by atoms with E-state index in [0.717, 1.165) is 18.5 Å². The molecule has 0 aliphatic carbocycles. The number of aryl methyl sites for hydroxylation is 1. The number of imidazole rings is 1. The first-order valence-electron chi connectivity index (χ1n) is 4.37. The second-order valence-electron chi connectivity index (χ2n) is 2.93. The van der Waals surface area contributed by atoms with Gasteiger partial charge in [0.1, 0.15) is 5.15 Å². The number of hydrogen-bond acceptors (Lipinski definition) is 4. The predicted molar refractivity (Wildman–Crippen MR) is 53.2 cm³/mol. The van der Waals surface area contributed by atoms with Crippen LogP contribution in [0.25, 0.3) is 5.78 Å². The topological polar surface area (TPSA) is 69.1 Å². The Hall–Kier alpha value is -1.20. The Morgan fingerprint density at radius 3 is 3.07 bits per heavy atom. The van der Waals surface area contributed by atoms with Gasteiger partial charge in [0.15, 0.2) is 0 Å². The molecule has 0 aromatic carbocycles. The Labute approximate surface area is 85.9 Å². The van der Waals surface area contributed by atoms with Gasteiger partial charge in [0.05, 0.1) is 11.9 Å². The summed E-state index contributed by atoms with van der Waals surface area (Å²) in [5.41, 5.74) is 6.25. The Morgan fingerprint density at radius 1 is 1.50 bits per heavy atom. The molecule has 0 atom stereocenters. The smallest absolute Gasteiger partial charge is 0.255 e. The molecule has 2 N–H and O–H groups in total. The molecule has 2 aromatic heterocycles. The standard InChI is InChI=1S/C8H10ClN5/c9-7-6(2-1-3-10)12-8-13-11-4-5-14(7)8/h4-5H,1-3,10H2. The summed E-state index contributed by atoms with van der Waals surface area (Å²) >= 11 is 6.08. The van der Waals surface area contributed by atoms with E-state index in [2.05, 4.69) is 15.2 Å². The lowest BCUT2D eigenvalue weighted by Gasteiger charge is -1.94. The van der Waals surface area contributed by atoms with Crippen molar-refractivity contribution in [3.05, 3.63) is 23.2 Å². The number of halogens is 1. The van der Waals surface area contributed by atoms with Crippen molar-refractivity contribution in [3.63, 3.8) is 0 Å². The third-order valence-corrected chi connectivity index (χ3v) is 2.35. The van der Waals surface area contributed by atoms with E-state index >= 15 is 0 Å². The largest absolute Gasteiger partial charge is 0.330 e. The summed E-state index contributed by atoms with van der Waals surface area (Å²) in [6.07, 6.45) is 4.96. The van der Waals surface area contributed by atoms with Crippen LogP contribution in [-0.4, -0.2) is 26.1 Å². The normalized spacial score (nSPS) is 11.0. The molecule has 2 aromatic rings. The van der Waals surface area contributed by atoms with Crippen molar-refractivity contribution in [3.8, 4) is 0 Å². The van der Waals surface area contributed by atoms with Gasteiger partial charge < -0.3 is 5.73 Å². The third-order valence-electron chi connectivity index (χ3n) is 1.95. The molecule has 0 aliphatic rings. The number of rotatable bonds is 3. The molecule has 2 rings (SSSR count). The second-order valence-corrected chi connectivity index (χ2v) is 3.28. The van der Waals surface area contributed by atoms with E-state index in [1.807, 2.05) is 0 Å². The second kappa shape index (κ2) is 3.89. The van der Waals surface area contributed by atoms with Crippen molar-refractivity contribution in [1.29, 1.82) is 0 Å². The predicted octanol–water partition coefficient (Wildman–Crippen LogP) is 0.669. The van der Waals surface area contributed by atoms with E-state index in [0.29, 0.717) is 17.5 Å². The van der Waals surface area contributed by atoms with Crippen molar-refractivity contribution in [2.75, 3.05) is 6.54 Å². The molecule has 0 fully saturated rings. The minimum Gasteiger partial charge on any atom is -0.330 e. The number of aromatic nitrogens is 4. The van der Waals surface area contributed by atoms with E-state index in [-0.39, 0.29) is 0 Å². The third kappa shape index (κ3) is 1.56. The first-order chi connectivity index (χ1) is 6.83. The van der Waals surface area contributed by atoms with E-state index in [1.54, 1.807) is 16.8 Å². The van der Waals surface area contributed by atoms with Crippen LogP contribution in [0.15, 0.2) is 12.4 Å². The van der Waals surface area contributed by atoms with Gasteiger partial charge >= 0.3 is 0 Å². The summed E-state index contributed by atoms with van der Waals surface area (Å²) in [6, 6.07) is 0. The highest BCUT2D eigenvalue weighted by molar-refractivity contribution is 6.30. The number of fused-ring (bicyclic) bond motifs is 1. The molecule has 0 amide bonds. The lowest BCUT2D eigenvalue weighted by Crippen LogP contribution is -2.00. The molecule has 0 radical (unpaired) electrons. The van der Waals surface area contributed by atoms with Crippen LogP contribution in [0.3, 0.4) is 0 Å². The maximum absolute atomic E-state index is 6.08.